The van der Waals surface area contributed by atoms with Crippen LogP contribution in [0.2, 0.25) is 0 Å². The van der Waals surface area contributed by atoms with Crippen LogP contribution in [0.4, 0.5) is 0 Å². The van der Waals surface area contributed by atoms with Gasteiger partial charge in [-0.3, -0.25) is 10.5 Å². The fourth-order valence-corrected chi connectivity index (χ4v) is 3.22. The molecule has 0 amide bonds. The average molecular weight is 304 g/mol. The molecular weight excluding hydrogens is 286 g/mol. The summed E-state index contributed by atoms with van der Waals surface area (Å²) < 4.78 is 22.7. The molecule has 2 unspecified atom stereocenters. The molecule has 0 aromatic heterocycles. The van der Waals surface area contributed by atoms with Crippen molar-refractivity contribution in [1.29, 1.82) is 0 Å². The van der Waals surface area contributed by atoms with Crippen molar-refractivity contribution in [3.8, 4) is 0 Å². The van der Waals surface area contributed by atoms with Gasteiger partial charge >= 0.3 is 0 Å². The molecule has 1 aromatic carbocycles. The second kappa shape index (κ2) is 6.03. The van der Waals surface area contributed by atoms with Gasteiger partial charge in [-0.25, -0.2) is 8.42 Å². The standard InChI is InChI=1S/C13H18ClNO3S/c1-10(11(2)16)8-9-13(14,15)19(17,18)12-6-4-3-5-7-12/h3-7,10H,8-9,15H2,1-2H3. The maximum Gasteiger partial charge on any atom is 0.211 e. The van der Waals surface area contributed by atoms with Crippen molar-refractivity contribution >= 4 is 27.2 Å². The zero-order valence-electron chi connectivity index (χ0n) is 11.0. The summed E-state index contributed by atoms with van der Waals surface area (Å²) in [5.74, 6) is -0.266. The molecule has 2 N–H and O–H groups in total. The SMILES string of the molecule is CC(=O)C(C)CCC(N)(Cl)S(=O)(=O)c1ccccc1. The summed E-state index contributed by atoms with van der Waals surface area (Å²) in [5.41, 5.74) is 5.74. The summed E-state index contributed by atoms with van der Waals surface area (Å²) in [7, 11) is -3.83. The Kier molecular flexibility index (Phi) is 5.12. The molecule has 0 saturated heterocycles. The van der Waals surface area contributed by atoms with Gasteiger partial charge in [0.2, 0.25) is 9.84 Å². The number of Topliss-reactive ketones (excluding diaryl/α,β-unsaturated/α-hetero) is 1. The quantitative estimate of drug-likeness (QED) is 0.646. The van der Waals surface area contributed by atoms with Crippen LogP contribution in [0.1, 0.15) is 26.7 Å². The van der Waals surface area contributed by atoms with Gasteiger partial charge in [-0.1, -0.05) is 36.7 Å². The summed E-state index contributed by atoms with van der Waals surface area (Å²) >= 11 is 5.99. The van der Waals surface area contributed by atoms with Crippen molar-refractivity contribution in [2.75, 3.05) is 0 Å². The predicted octanol–water partition coefficient (Wildman–Crippen LogP) is 2.32. The van der Waals surface area contributed by atoms with Gasteiger partial charge in [-0.2, -0.15) is 0 Å². The molecule has 2 atom stereocenters. The normalized spacial score (nSPS) is 16.6. The van der Waals surface area contributed by atoms with Crippen LogP contribution in [-0.2, 0) is 14.6 Å². The van der Waals surface area contributed by atoms with Crippen LogP contribution in [0.15, 0.2) is 35.2 Å². The van der Waals surface area contributed by atoms with Gasteiger partial charge in [0.15, 0.2) is 4.33 Å². The van der Waals surface area contributed by atoms with Crippen LogP contribution < -0.4 is 5.73 Å². The first-order valence-corrected chi connectivity index (χ1v) is 7.82. The third-order valence-electron chi connectivity index (χ3n) is 3.11. The zero-order valence-corrected chi connectivity index (χ0v) is 12.5. The summed E-state index contributed by atoms with van der Waals surface area (Å²) in [6.07, 6.45) is 0.355. The molecule has 0 fully saturated rings. The fourth-order valence-electron chi connectivity index (χ4n) is 1.55. The van der Waals surface area contributed by atoms with E-state index in [1.807, 2.05) is 0 Å². The molecule has 1 rings (SSSR count). The molecule has 0 aliphatic carbocycles. The van der Waals surface area contributed by atoms with Gasteiger partial charge < -0.3 is 0 Å². The van der Waals surface area contributed by atoms with E-state index in [1.54, 1.807) is 25.1 Å². The lowest BCUT2D eigenvalue weighted by Gasteiger charge is -2.23. The second-order valence-corrected chi connectivity index (χ2v) is 7.76. The molecule has 0 aliphatic heterocycles. The van der Waals surface area contributed by atoms with Crippen LogP contribution >= 0.6 is 11.6 Å². The first kappa shape index (κ1) is 16.1. The molecule has 19 heavy (non-hydrogen) atoms. The van der Waals surface area contributed by atoms with Crippen molar-refractivity contribution in [3.63, 3.8) is 0 Å². The highest BCUT2D eigenvalue weighted by Gasteiger charge is 2.39. The van der Waals surface area contributed by atoms with E-state index < -0.39 is 14.2 Å². The largest absolute Gasteiger partial charge is 0.300 e. The highest BCUT2D eigenvalue weighted by atomic mass is 35.5. The molecule has 0 saturated carbocycles. The Morgan fingerprint density at radius 2 is 1.89 bits per heavy atom. The number of sulfone groups is 1. The number of hydrogen-bond donors (Lipinski definition) is 1. The molecule has 6 heteroatoms. The second-order valence-electron chi connectivity index (χ2n) is 4.65. The minimum absolute atomic E-state index is 0.00965. The number of halogens is 1. The highest BCUT2D eigenvalue weighted by molar-refractivity contribution is 7.94. The predicted molar refractivity (Wildman–Crippen MR) is 75.5 cm³/mol. The van der Waals surface area contributed by atoms with Gasteiger partial charge in [-0.05, 0) is 31.9 Å². The Bertz CT molecular complexity index is 540. The van der Waals surface area contributed by atoms with Crippen LogP contribution in [0.5, 0.6) is 0 Å². The summed E-state index contributed by atoms with van der Waals surface area (Å²) in [6.45, 7) is 3.19. The van der Waals surface area contributed by atoms with Crippen molar-refractivity contribution in [2.24, 2.45) is 11.7 Å². The molecule has 0 bridgehead atoms. The van der Waals surface area contributed by atoms with Gasteiger partial charge in [0.1, 0.15) is 5.78 Å². The number of alkyl halides is 1. The Morgan fingerprint density at radius 3 is 2.37 bits per heavy atom. The molecule has 4 nitrogen and oxygen atoms in total. The van der Waals surface area contributed by atoms with Crippen LogP contribution in [-0.4, -0.2) is 18.5 Å². The molecule has 0 heterocycles. The van der Waals surface area contributed by atoms with Gasteiger partial charge in [0.25, 0.3) is 0 Å². The van der Waals surface area contributed by atoms with Crippen molar-refractivity contribution < 1.29 is 13.2 Å². The number of carbonyl (C=O) groups excluding carboxylic acids is 1. The highest BCUT2D eigenvalue weighted by Crippen LogP contribution is 2.30. The molecule has 0 aliphatic rings. The lowest BCUT2D eigenvalue weighted by Crippen LogP contribution is -2.42. The molecular formula is C13H18ClNO3S. The zero-order chi connectivity index (χ0) is 14.7. The van der Waals surface area contributed by atoms with Crippen molar-refractivity contribution in [1.82, 2.24) is 0 Å². The van der Waals surface area contributed by atoms with E-state index in [0.29, 0.717) is 6.42 Å². The Morgan fingerprint density at radius 1 is 1.37 bits per heavy atom. The molecule has 1 aromatic rings. The Labute approximate surface area is 118 Å². The number of nitrogens with two attached hydrogens (primary N) is 1. The van der Waals surface area contributed by atoms with E-state index >= 15 is 0 Å². The smallest absolute Gasteiger partial charge is 0.211 e. The van der Waals surface area contributed by atoms with E-state index in [9.17, 15) is 13.2 Å². The number of benzene rings is 1. The number of carbonyl (C=O) groups is 1. The van der Waals surface area contributed by atoms with Crippen LogP contribution in [0.3, 0.4) is 0 Å². The Balaban J connectivity index is 2.91. The van der Waals surface area contributed by atoms with E-state index in [2.05, 4.69) is 0 Å². The topological polar surface area (TPSA) is 77.2 Å². The number of hydrogen-bond acceptors (Lipinski definition) is 4. The maximum absolute atomic E-state index is 12.3. The first-order chi connectivity index (χ1) is 8.68. The van der Waals surface area contributed by atoms with Crippen LogP contribution in [0.25, 0.3) is 0 Å². The number of rotatable bonds is 6. The lowest BCUT2D eigenvalue weighted by molar-refractivity contribution is -0.120. The van der Waals surface area contributed by atoms with Crippen LogP contribution in [0, 0.1) is 5.92 Å². The van der Waals surface area contributed by atoms with Crippen molar-refractivity contribution in [3.05, 3.63) is 30.3 Å². The molecule has 106 valence electrons. The van der Waals surface area contributed by atoms with Gasteiger partial charge in [0, 0.05) is 5.92 Å². The minimum atomic E-state index is -3.83. The Hall–Kier alpha value is -0.910. The fraction of sp³-hybridized carbons (Fsp3) is 0.462. The van der Waals surface area contributed by atoms with E-state index in [0.717, 1.165) is 0 Å². The van der Waals surface area contributed by atoms with Gasteiger partial charge in [0.05, 0.1) is 4.90 Å². The summed E-state index contributed by atoms with van der Waals surface area (Å²) in [6, 6.07) is 7.83. The summed E-state index contributed by atoms with van der Waals surface area (Å²) in [5, 5.41) is 0. The molecule has 0 spiro atoms. The average Bonchev–Trinajstić information content (AvgIpc) is 2.36. The summed E-state index contributed by atoms with van der Waals surface area (Å²) in [4.78, 5) is 11.2. The van der Waals surface area contributed by atoms with Crippen molar-refractivity contribution in [2.45, 2.75) is 35.9 Å². The third kappa shape index (κ3) is 3.78. The molecule has 0 radical (unpaired) electrons. The maximum atomic E-state index is 12.3. The monoisotopic (exact) mass is 303 g/mol. The minimum Gasteiger partial charge on any atom is -0.300 e. The first-order valence-electron chi connectivity index (χ1n) is 5.96. The lowest BCUT2D eigenvalue weighted by atomic mass is 10.0. The van der Waals surface area contributed by atoms with Gasteiger partial charge in [-0.15, -0.1) is 0 Å². The van der Waals surface area contributed by atoms with E-state index in [-0.39, 0.29) is 23.0 Å². The van der Waals surface area contributed by atoms with E-state index in [1.165, 1.54) is 19.1 Å². The third-order valence-corrected chi connectivity index (χ3v) is 5.90. The van der Waals surface area contributed by atoms with E-state index in [4.69, 9.17) is 17.3 Å². The number of ketones is 1.